The van der Waals surface area contributed by atoms with Gasteiger partial charge in [-0.15, -0.1) is 0 Å². The Hall–Kier alpha value is -1.79. The molecule has 7 heteroatoms. The Morgan fingerprint density at radius 1 is 1.35 bits per heavy atom. The molecule has 1 saturated carbocycles. The molecule has 0 bridgehead atoms. The van der Waals surface area contributed by atoms with Crippen LogP contribution in [0.25, 0.3) is 0 Å². The monoisotopic (exact) mass is 286 g/mol. The van der Waals surface area contributed by atoms with Crippen LogP contribution in [0.4, 0.5) is 4.79 Å². The molecule has 0 spiro atoms. The van der Waals surface area contributed by atoms with Crippen LogP contribution in [0, 0.1) is 5.92 Å². The van der Waals surface area contributed by atoms with Crippen LogP contribution < -0.4 is 5.32 Å². The number of aliphatic carboxylic acids is 1. The SMILES string of the molecule is COC(=O)CN(C(=O)NC1CCC(C(=O)O)C1)C(C)C. The summed E-state index contributed by atoms with van der Waals surface area (Å²) in [7, 11) is 1.27. The Morgan fingerprint density at radius 3 is 2.45 bits per heavy atom. The lowest BCUT2D eigenvalue weighted by molar-refractivity contribution is -0.142. The van der Waals surface area contributed by atoms with E-state index in [1.165, 1.54) is 12.0 Å². The van der Waals surface area contributed by atoms with Crippen LogP contribution >= 0.6 is 0 Å². The maximum atomic E-state index is 12.1. The molecule has 0 heterocycles. The predicted octanol–water partition coefficient (Wildman–Crippen LogP) is 0.833. The molecule has 2 N–H and O–H groups in total. The Labute approximate surface area is 118 Å². The van der Waals surface area contributed by atoms with E-state index in [4.69, 9.17) is 5.11 Å². The molecule has 0 aliphatic heterocycles. The molecular formula is C13H22N2O5. The molecule has 114 valence electrons. The van der Waals surface area contributed by atoms with E-state index < -0.39 is 17.9 Å². The van der Waals surface area contributed by atoms with Crippen molar-refractivity contribution in [3.05, 3.63) is 0 Å². The third-order valence-electron chi connectivity index (χ3n) is 3.52. The van der Waals surface area contributed by atoms with E-state index in [1.54, 1.807) is 13.8 Å². The molecule has 2 amide bonds. The average molecular weight is 286 g/mol. The molecule has 0 radical (unpaired) electrons. The van der Waals surface area contributed by atoms with Crippen LogP contribution in [0.15, 0.2) is 0 Å². The zero-order valence-corrected chi connectivity index (χ0v) is 12.1. The molecule has 2 unspecified atom stereocenters. The largest absolute Gasteiger partial charge is 0.481 e. The summed E-state index contributed by atoms with van der Waals surface area (Å²) < 4.78 is 4.56. The molecule has 0 aromatic heterocycles. The second-order valence-electron chi connectivity index (χ2n) is 5.29. The van der Waals surface area contributed by atoms with Crippen molar-refractivity contribution < 1.29 is 24.2 Å². The molecule has 2 atom stereocenters. The maximum absolute atomic E-state index is 12.1. The minimum Gasteiger partial charge on any atom is -0.481 e. The van der Waals surface area contributed by atoms with Crippen molar-refractivity contribution in [2.75, 3.05) is 13.7 Å². The van der Waals surface area contributed by atoms with Gasteiger partial charge in [-0.25, -0.2) is 4.79 Å². The highest BCUT2D eigenvalue weighted by Gasteiger charge is 2.32. The molecule has 1 aliphatic carbocycles. The number of carbonyl (C=O) groups is 3. The summed E-state index contributed by atoms with van der Waals surface area (Å²) in [6.45, 7) is 3.49. The minimum atomic E-state index is -0.822. The number of esters is 1. The number of amides is 2. The predicted molar refractivity (Wildman–Crippen MR) is 71.2 cm³/mol. The number of nitrogens with zero attached hydrogens (tertiary/aromatic N) is 1. The van der Waals surface area contributed by atoms with Crippen molar-refractivity contribution in [1.29, 1.82) is 0 Å². The number of carboxylic acids is 1. The second kappa shape index (κ2) is 7.12. The van der Waals surface area contributed by atoms with Gasteiger partial charge in [0.05, 0.1) is 13.0 Å². The van der Waals surface area contributed by atoms with Gasteiger partial charge in [0.15, 0.2) is 0 Å². The highest BCUT2D eigenvalue weighted by Crippen LogP contribution is 2.25. The lowest BCUT2D eigenvalue weighted by Crippen LogP contribution is -2.49. The van der Waals surface area contributed by atoms with Gasteiger partial charge in [0.2, 0.25) is 0 Å². The van der Waals surface area contributed by atoms with Crippen molar-refractivity contribution in [1.82, 2.24) is 10.2 Å². The highest BCUT2D eigenvalue weighted by atomic mass is 16.5. The van der Waals surface area contributed by atoms with Gasteiger partial charge in [0.1, 0.15) is 6.54 Å². The fraction of sp³-hybridized carbons (Fsp3) is 0.769. The van der Waals surface area contributed by atoms with Gasteiger partial charge in [0.25, 0.3) is 0 Å². The molecule has 0 aromatic carbocycles. The van der Waals surface area contributed by atoms with Crippen molar-refractivity contribution in [2.45, 2.75) is 45.2 Å². The van der Waals surface area contributed by atoms with Crippen molar-refractivity contribution >= 4 is 18.0 Å². The number of ether oxygens (including phenoxy) is 1. The molecule has 20 heavy (non-hydrogen) atoms. The van der Waals surface area contributed by atoms with E-state index in [-0.39, 0.29) is 24.7 Å². The first-order valence-corrected chi connectivity index (χ1v) is 6.71. The van der Waals surface area contributed by atoms with Crippen LogP contribution in [0.3, 0.4) is 0 Å². The summed E-state index contributed by atoms with van der Waals surface area (Å²) in [5.74, 6) is -1.70. The number of carboxylic acid groups (broad SMARTS) is 1. The van der Waals surface area contributed by atoms with Gasteiger partial charge in [-0.3, -0.25) is 9.59 Å². The summed E-state index contributed by atoms with van der Waals surface area (Å²) in [5, 5.41) is 11.7. The summed E-state index contributed by atoms with van der Waals surface area (Å²) in [5.41, 5.74) is 0. The van der Waals surface area contributed by atoms with Gasteiger partial charge in [-0.1, -0.05) is 0 Å². The van der Waals surface area contributed by atoms with Gasteiger partial charge in [-0.2, -0.15) is 0 Å². The number of hydrogen-bond acceptors (Lipinski definition) is 4. The molecule has 0 saturated heterocycles. The Bertz CT molecular complexity index is 383. The molecule has 1 fully saturated rings. The number of carbonyl (C=O) groups excluding carboxylic acids is 2. The first kappa shape index (κ1) is 16.3. The zero-order valence-electron chi connectivity index (χ0n) is 12.1. The quantitative estimate of drug-likeness (QED) is 0.730. The number of rotatable bonds is 5. The molecule has 0 aromatic rings. The van der Waals surface area contributed by atoms with Crippen LogP contribution in [0.1, 0.15) is 33.1 Å². The van der Waals surface area contributed by atoms with Crippen molar-refractivity contribution in [2.24, 2.45) is 5.92 Å². The normalized spacial score (nSPS) is 21.6. The summed E-state index contributed by atoms with van der Waals surface area (Å²) >= 11 is 0. The third-order valence-corrected chi connectivity index (χ3v) is 3.52. The third kappa shape index (κ3) is 4.40. The Balaban J connectivity index is 2.55. The minimum absolute atomic E-state index is 0.116. The number of nitrogens with one attached hydrogen (secondary N) is 1. The fourth-order valence-electron chi connectivity index (χ4n) is 2.29. The van der Waals surface area contributed by atoms with Gasteiger partial charge < -0.3 is 20.1 Å². The van der Waals surface area contributed by atoms with Crippen molar-refractivity contribution in [3.8, 4) is 0 Å². The zero-order chi connectivity index (χ0) is 15.3. The molecule has 1 aliphatic rings. The number of urea groups is 1. The van der Waals surface area contributed by atoms with E-state index in [0.29, 0.717) is 19.3 Å². The van der Waals surface area contributed by atoms with Crippen LogP contribution in [0.5, 0.6) is 0 Å². The van der Waals surface area contributed by atoms with E-state index in [1.807, 2.05) is 0 Å². The summed E-state index contributed by atoms with van der Waals surface area (Å²) in [6.07, 6.45) is 1.65. The average Bonchev–Trinajstić information content (AvgIpc) is 2.83. The van der Waals surface area contributed by atoms with E-state index >= 15 is 0 Å². The molecule has 1 rings (SSSR count). The number of methoxy groups -OCH3 is 1. The lowest BCUT2D eigenvalue weighted by atomic mass is 10.1. The maximum Gasteiger partial charge on any atom is 0.325 e. The van der Waals surface area contributed by atoms with E-state index in [0.717, 1.165) is 0 Å². The van der Waals surface area contributed by atoms with Gasteiger partial charge in [0, 0.05) is 12.1 Å². The standard InChI is InChI=1S/C13H22N2O5/c1-8(2)15(7-11(16)20-3)13(19)14-10-5-4-9(6-10)12(17)18/h8-10H,4-7H2,1-3H3,(H,14,19)(H,17,18). The van der Waals surface area contributed by atoms with E-state index in [9.17, 15) is 14.4 Å². The van der Waals surface area contributed by atoms with Crippen LogP contribution in [-0.2, 0) is 14.3 Å². The first-order valence-electron chi connectivity index (χ1n) is 6.71. The van der Waals surface area contributed by atoms with E-state index in [2.05, 4.69) is 10.1 Å². The Kier molecular flexibility index (Phi) is 5.79. The first-order chi connectivity index (χ1) is 9.35. The van der Waals surface area contributed by atoms with Crippen LogP contribution in [0.2, 0.25) is 0 Å². The topological polar surface area (TPSA) is 95.9 Å². The molecular weight excluding hydrogens is 264 g/mol. The smallest absolute Gasteiger partial charge is 0.325 e. The van der Waals surface area contributed by atoms with Gasteiger partial charge in [-0.05, 0) is 33.1 Å². The van der Waals surface area contributed by atoms with Gasteiger partial charge >= 0.3 is 18.0 Å². The Morgan fingerprint density at radius 2 is 2.00 bits per heavy atom. The fourth-order valence-corrected chi connectivity index (χ4v) is 2.29. The van der Waals surface area contributed by atoms with Crippen molar-refractivity contribution in [3.63, 3.8) is 0 Å². The lowest BCUT2D eigenvalue weighted by Gasteiger charge is -2.27. The van der Waals surface area contributed by atoms with Crippen LogP contribution in [-0.4, -0.2) is 53.7 Å². The summed E-state index contributed by atoms with van der Waals surface area (Å²) in [6, 6.07) is -0.658. The molecule has 7 nitrogen and oxygen atoms in total. The second-order valence-corrected chi connectivity index (χ2v) is 5.29. The highest BCUT2D eigenvalue weighted by molar-refractivity contribution is 5.81. The number of hydrogen-bond donors (Lipinski definition) is 2. The summed E-state index contributed by atoms with van der Waals surface area (Å²) in [4.78, 5) is 35.7.